The molecular weight excluding hydrogens is 281 g/mol. The molecule has 0 saturated heterocycles. The zero-order valence-corrected chi connectivity index (χ0v) is 10.6. The van der Waals surface area contributed by atoms with Gasteiger partial charge in [0, 0.05) is 6.07 Å². The van der Waals surface area contributed by atoms with Gasteiger partial charge in [-0.2, -0.15) is 5.10 Å². The normalized spacial score (nSPS) is 10.9. The molecule has 80 valence electrons. The molecule has 0 atom stereocenters. The van der Waals surface area contributed by atoms with E-state index in [4.69, 9.17) is 16.1 Å². The second-order valence-corrected chi connectivity index (χ2v) is 4.45. The quantitative estimate of drug-likeness (QED) is 0.854. The van der Waals surface area contributed by atoms with E-state index in [-0.39, 0.29) is 0 Å². The van der Waals surface area contributed by atoms with Gasteiger partial charge >= 0.3 is 0 Å². The minimum Gasteiger partial charge on any atom is -0.358 e. The Morgan fingerprint density at radius 2 is 2.27 bits per heavy atom. The lowest BCUT2D eigenvalue weighted by atomic mass is 10.4. The van der Waals surface area contributed by atoms with E-state index < -0.39 is 0 Å². The average molecular weight is 291 g/mol. The smallest absolute Gasteiger partial charge is 0.159 e. The van der Waals surface area contributed by atoms with Gasteiger partial charge in [0.15, 0.2) is 5.76 Å². The first kappa shape index (κ1) is 10.7. The number of rotatable bonds is 2. The van der Waals surface area contributed by atoms with E-state index in [1.165, 1.54) is 0 Å². The largest absolute Gasteiger partial charge is 0.358 e. The van der Waals surface area contributed by atoms with Gasteiger partial charge in [-0.05, 0) is 29.8 Å². The lowest BCUT2D eigenvalue weighted by molar-refractivity contribution is 0.367. The van der Waals surface area contributed by atoms with E-state index in [1.807, 2.05) is 19.9 Å². The van der Waals surface area contributed by atoms with Crippen molar-refractivity contribution in [2.75, 3.05) is 0 Å². The molecule has 2 heterocycles. The maximum absolute atomic E-state index is 6.03. The Hall–Kier alpha value is -0.810. The van der Waals surface area contributed by atoms with Crippen LogP contribution in [-0.4, -0.2) is 14.9 Å². The molecule has 6 heteroatoms. The van der Waals surface area contributed by atoms with E-state index in [1.54, 1.807) is 4.68 Å². The van der Waals surface area contributed by atoms with Crippen LogP contribution in [0.4, 0.5) is 0 Å². The Morgan fingerprint density at radius 1 is 1.53 bits per heavy atom. The molecule has 0 fully saturated rings. The summed E-state index contributed by atoms with van der Waals surface area (Å²) in [5.74, 6) is 0.740. The fraction of sp³-hybridized carbons (Fsp3) is 0.333. The Balaban J connectivity index is 2.28. The first-order valence-electron chi connectivity index (χ1n) is 4.38. The summed E-state index contributed by atoms with van der Waals surface area (Å²) in [6.07, 6.45) is 0. The highest BCUT2D eigenvalue weighted by Crippen LogP contribution is 2.20. The summed E-state index contributed by atoms with van der Waals surface area (Å²) in [6.45, 7) is 4.34. The van der Waals surface area contributed by atoms with Gasteiger partial charge < -0.3 is 4.52 Å². The number of hydrogen-bond donors (Lipinski definition) is 0. The second kappa shape index (κ2) is 3.98. The fourth-order valence-corrected chi connectivity index (χ4v) is 1.80. The van der Waals surface area contributed by atoms with E-state index >= 15 is 0 Å². The number of halogens is 2. The highest BCUT2D eigenvalue weighted by atomic mass is 79.9. The third-order valence-corrected chi connectivity index (χ3v) is 3.05. The maximum Gasteiger partial charge on any atom is 0.159 e. The highest BCUT2D eigenvalue weighted by Gasteiger charge is 2.11. The van der Waals surface area contributed by atoms with Crippen molar-refractivity contribution in [2.45, 2.75) is 20.4 Å². The molecule has 2 aromatic rings. The molecule has 15 heavy (non-hydrogen) atoms. The molecule has 0 radical (unpaired) electrons. The Kier molecular flexibility index (Phi) is 2.84. The summed E-state index contributed by atoms with van der Waals surface area (Å²) >= 11 is 9.25. The van der Waals surface area contributed by atoms with Gasteiger partial charge in [-0.1, -0.05) is 16.8 Å². The van der Waals surface area contributed by atoms with Crippen molar-refractivity contribution in [3.8, 4) is 0 Å². The molecule has 0 unspecified atom stereocenters. The third kappa shape index (κ3) is 2.08. The van der Waals surface area contributed by atoms with Crippen LogP contribution in [0.3, 0.4) is 0 Å². The molecular formula is C9H9BrClN3O. The molecule has 2 rings (SSSR count). The fourth-order valence-electron chi connectivity index (χ4n) is 1.34. The Labute approximate surface area is 100 Å². The van der Waals surface area contributed by atoms with Crippen molar-refractivity contribution >= 4 is 27.5 Å². The number of hydrogen-bond acceptors (Lipinski definition) is 3. The van der Waals surface area contributed by atoms with Crippen LogP contribution in [0.1, 0.15) is 17.1 Å². The summed E-state index contributed by atoms with van der Waals surface area (Å²) in [4.78, 5) is 0. The Bertz CT molecular complexity index is 492. The van der Waals surface area contributed by atoms with Gasteiger partial charge in [0.1, 0.15) is 11.1 Å². The van der Waals surface area contributed by atoms with Crippen LogP contribution in [0.2, 0.25) is 5.02 Å². The van der Waals surface area contributed by atoms with Gasteiger partial charge in [-0.15, -0.1) is 0 Å². The van der Waals surface area contributed by atoms with Gasteiger partial charge in [-0.3, -0.25) is 4.68 Å². The summed E-state index contributed by atoms with van der Waals surface area (Å²) in [5, 5.41) is 8.74. The van der Waals surface area contributed by atoms with E-state index in [0.717, 1.165) is 17.1 Å². The van der Waals surface area contributed by atoms with Crippen molar-refractivity contribution in [1.82, 2.24) is 14.9 Å². The van der Waals surface area contributed by atoms with E-state index in [0.29, 0.717) is 16.2 Å². The predicted octanol–water partition coefficient (Wildman–Crippen LogP) is 2.95. The summed E-state index contributed by atoms with van der Waals surface area (Å²) in [5.41, 5.74) is 1.76. The molecule has 0 N–H and O–H groups in total. The minimum absolute atomic E-state index is 0.540. The van der Waals surface area contributed by atoms with Crippen molar-refractivity contribution in [3.05, 3.63) is 32.8 Å². The van der Waals surface area contributed by atoms with Crippen LogP contribution in [0.25, 0.3) is 0 Å². The van der Waals surface area contributed by atoms with Crippen molar-refractivity contribution in [1.29, 1.82) is 0 Å². The lowest BCUT2D eigenvalue weighted by Gasteiger charge is -1.99. The molecule has 0 aliphatic carbocycles. The first-order valence-corrected chi connectivity index (χ1v) is 5.55. The molecule has 2 aromatic heterocycles. The second-order valence-electron chi connectivity index (χ2n) is 3.26. The number of nitrogens with zero attached hydrogens (tertiary/aromatic N) is 3. The third-order valence-electron chi connectivity index (χ3n) is 2.13. The average Bonchev–Trinajstić information content (AvgIpc) is 2.68. The molecule has 0 saturated carbocycles. The maximum atomic E-state index is 6.03. The van der Waals surface area contributed by atoms with Crippen LogP contribution in [0, 0.1) is 13.8 Å². The molecule has 0 spiro atoms. The summed E-state index contributed by atoms with van der Waals surface area (Å²) in [6, 6.07) is 1.81. The topological polar surface area (TPSA) is 43.9 Å². The highest BCUT2D eigenvalue weighted by molar-refractivity contribution is 9.10. The summed E-state index contributed by atoms with van der Waals surface area (Å²) in [7, 11) is 0. The van der Waals surface area contributed by atoms with E-state index in [2.05, 4.69) is 26.2 Å². The van der Waals surface area contributed by atoms with Crippen LogP contribution in [0.15, 0.2) is 15.2 Å². The molecule has 0 bridgehead atoms. The van der Waals surface area contributed by atoms with Crippen molar-refractivity contribution in [3.63, 3.8) is 0 Å². The van der Waals surface area contributed by atoms with Gasteiger partial charge in [-0.25, -0.2) is 0 Å². The predicted molar refractivity (Wildman–Crippen MR) is 60.0 cm³/mol. The standard InChI is InChI=1S/C9H9BrClN3O/c1-5-9(11)6(2)14(12-5)4-7-3-8(10)13-15-7/h3H,4H2,1-2H3. The van der Waals surface area contributed by atoms with Crippen molar-refractivity contribution in [2.24, 2.45) is 0 Å². The SMILES string of the molecule is Cc1nn(Cc2cc(Br)no2)c(C)c1Cl. The van der Waals surface area contributed by atoms with Gasteiger partial charge in [0.2, 0.25) is 0 Å². The molecule has 0 aliphatic heterocycles. The van der Waals surface area contributed by atoms with E-state index in [9.17, 15) is 0 Å². The minimum atomic E-state index is 0.540. The van der Waals surface area contributed by atoms with Crippen molar-refractivity contribution < 1.29 is 4.52 Å². The monoisotopic (exact) mass is 289 g/mol. The number of aryl methyl sites for hydroxylation is 1. The van der Waals surface area contributed by atoms with Gasteiger partial charge in [0.25, 0.3) is 0 Å². The molecule has 4 nitrogen and oxygen atoms in total. The molecule has 0 aromatic carbocycles. The summed E-state index contributed by atoms with van der Waals surface area (Å²) < 4.78 is 7.55. The zero-order chi connectivity index (χ0) is 11.0. The molecule has 0 amide bonds. The first-order chi connectivity index (χ1) is 7.08. The molecule has 0 aliphatic rings. The zero-order valence-electron chi connectivity index (χ0n) is 8.29. The lowest BCUT2D eigenvalue weighted by Crippen LogP contribution is -2.02. The van der Waals surface area contributed by atoms with Crippen LogP contribution < -0.4 is 0 Å². The van der Waals surface area contributed by atoms with Crippen LogP contribution in [-0.2, 0) is 6.54 Å². The Morgan fingerprint density at radius 3 is 2.73 bits per heavy atom. The van der Waals surface area contributed by atoms with Crippen LogP contribution >= 0.6 is 27.5 Å². The van der Waals surface area contributed by atoms with Gasteiger partial charge in [0.05, 0.1) is 16.4 Å². The van der Waals surface area contributed by atoms with Crippen LogP contribution in [0.5, 0.6) is 0 Å². The number of aromatic nitrogens is 3.